The molecule has 0 aliphatic carbocycles. The molecule has 0 bridgehead atoms. The lowest BCUT2D eigenvalue weighted by Crippen LogP contribution is -2.41. The van der Waals surface area contributed by atoms with Crippen LogP contribution in [0, 0.1) is 0 Å². The van der Waals surface area contributed by atoms with Gasteiger partial charge in [-0.25, -0.2) is 5.10 Å². The van der Waals surface area contributed by atoms with Crippen molar-refractivity contribution in [2.45, 2.75) is 38.3 Å². The number of H-pyrrole nitrogens is 1. The number of ether oxygens (including phenoxy) is 1. The van der Waals surface area contributed by atoms with Gasteiger partial charge in [0.2, 0.25) is 5.91 Å². The molecule has 2 aromatic rings. The third-order valence-electron chi connectivity index (χ3n) is 4.01. The Labute approximate surface area is 127 Å². The molecule has 6 heteroatoms. The van der Waals surface area contributed by atoms with E-state index in [1.54, 1.807) is 12.1 Å². The Morgan fingerprint density at radius 1 is 1.45 bits per heavy atom. The van der Waals surface area contributed by atoms with Gasteiger partial charge in [-0.15, -0.1) is 0 Å². The maximum atomic E-state index is 12.2. The fourth-order valence-electron chi connectivity index (χ4n) is 2.85. The van der Waals surface area contributed by atoms with E-state index in [9.17, 15) is 9.59 Å². The van der Waals surface area contributed by atoms with Crippen LogP contribution in [0.4, 0.5) is 0 Å². The van der Waals surface area contributed by atoms with Crippen LogP contribution in [-0.4, -0.2) is 34.9 Å². The SMILES string of the molecule is CC(NC(=O)Cc1n[nH]c(=O)c2ccccc12)C1CCCO1. The first-order valence-electron chi connectivity index (χ1n) is 7.52. The summed E-state index contributed by atoms with van der Waals surface area (Å²) in [7, 11) is 0. The molecule has 2 N–H and O–H groups in total. The van der Waals surface area contributed by atoms with E-state index in [1.165, 1.54) is 0 Å². The number of aromatic amines is 1. The first-order chi connectivity index (χ1) is 10.6. The predicted octanol–water partition coefficient (Wildman–Crippen LogP) is 1.15. The quantitative estimate of drug-likeness (QED) is 0.887. The third kappa shape index (κ3) is 3.01. The molecule has 22 heavy (non-hydrogen) atoms. The van der Waals surface area contributed by atoms with Gasteiger partial charge in [0.15, 0.2) is 0 Å². The second-order valence-corrected chi connectivity index (χ2v) is 5.63. The molecule has 1 aliphatic heterocycles. The molecule has 2 atom stereocenters. The van der Waals surface area contributed by atoms with Crippen molar-refractivity contribution in [3.05, 3.63) is 40.3 Å². The minimum atomic E-state index is -0.243. The summed E-state index contributed by atoms with van der Waals surface area (Å²) < 4.78 is 5.57. The summed E-state index contributed by atoms with van der Waals surface area (Å²) in [5.41, 5.74) is 0.333. The van der Waals surface area contributed by atoms with Gasteiger partial charge < -0.3 is 10.1 Å². The van der Waals surface area contributed by atoms with Crippen molar-refractivity contribution in [1.82, 2.24) is 15.5 Å². The van der Waals surface area contributed by atoms with E-state index in [0.717, 1.165) is 19.4 Å². The average Bonchev–Trinajstić information content (AvgIpc) is 3.05. The molecule has 0 radical (unpaired) electrons. The smallest absolute Gasteiger partial charge is 0.272 e. The normalized spacial score (nSPS) is 19.2. The lowest BCUT2D eigenvalue weighted by molar-refractivity contribution is -0.121. The Morgan fingerprint density at radius 2 is 2.23 bits per heavy atom. The maximum Gasteiger partial charge on any atom is 0.272 e. The highest BCUT2D eigenvalue weighted by Crippen LogP contribution is 2.16. The van der Waals surface area contributed by atoms with Gasteiger partial charge in [0.1, 0.15) is 0 Å². The van der Waals surface area contributed by atoms with Crippen LogP contribution >= 0.6 is 0 Å². The first kappa shape index (κ1) is 14.7. The van der Waals surface area contributed by atoms with Crippen LogP contribution in [0.25, 0.3) is 10.8 Å². The molecule has 2 heterocycles. The number of hydrogen-bond acceptors (Lipinski definition) is 4. The molecule has 1 amide bonds. The van der Waals surface area contributed by atoms with Gasteiger partial charge in [-0.1, -0.05) is 18.2 Å². The molecule has 1 aromatic heterocycles. The molecule has 6 nitrogen and oxygen atoms in total. The minimum absolute atomic E-state index is 0.0241. The summed E-state index contributed by atoms with van der Waals surface area (Å²) in [6.45, 7) is 2.71. The van der Waals surface area contributed by atoms with Gasteiger partial charge in [0, 0.05) is 12.0 Å². The number of nitrogens with zero attached hydrogens (tertiary/aromatic N) is 1. The van der Waals surface area contributed by atoms with Gasteiger partial charge in [-0.05, 0) is 25.8 Å². The van der Waals surface area contributed by atoms with Crippen LogP contribution in [-0.2, 0) is 16.0 Å². The number of carbonyl (C=O) groups excluding carboxylic acids is 1. The highest BCUT2D eigenvalue weighted by molar-refractivity contribution is 5.88. The van der Waals surface area contributed by atoms with Crippen LogP contribution in [0.2, 0.25) is 0 Å². The molecule has 0 saturated carbocycles. The summed E-state index contributed by atoms with van der Waals surface area (Å²) >= 11 is 0. The van der Waals surface area contributed by atoms with Crippen molar-refractivity contribution >= 4 is 16.7 Å². The molecule has 1 saturated heterocycles. The number of fused-ring (bicyclic) bond motifs is 1. The Morgan fingerprint density at radius 3 is 2.95 bits per heavy atom. The van der Waals surface area contributed by atoms with E-state index < -0.39 is 0 Å². The average molecular weight is 301 g/mol. The van der Waals surface area contributed by atoms with Crippen LogP contribution in [0.15, 0.2) is 29.1 Å². The molecular weight excluding hydrogens is 282 g/mol. The molecular formula is C16H19N3O3. The Kier molecular flexibility index (Phi) is 4.20. The van der Waals surface area contributed by atoms with Crippen molar-refractivity contribution in [3.63, 3.8) is 0 Å². The van der Waals surface area contributed by atoms with Crippen molar-refractivity contribution in [2.75, 3.05) is 6.61 Å². The van der Waals surface area contributed by atoms with E-state index in [2.05, 4.69) is 15.5 Å². The van der Waals surface area contributed by atoms with Crippen molar-refractivity contribution in [3.8, 4) is 0 Å². The highest BCUT2D eigenvalue weighted by Gasteiger charge is 2.24. The summed E-state index contributed by atoms with van der Waals surface area (Å²) in [5.74, 6) is -0.118. The summed E-state index contributed by atoms with van der Waals surface area (Å²) in [5, 5.41) is 10.7. The molecule has 1 fully saturated rings. The van der Waals surface area contributed by atoms with Crippen molar-refractivity contribution in [1.29, 1.82) is 0 Å². The fraction of sp³-hybridized carbons (Fsp3) is 0.438. The van der Waals surface area contributed by atoms with Crippen molar-refractivity contribution in [2.24, 2.45) is 0 Å². The monoisotopic (exact) mass is 301 g/mol. The Bertz CT molecular complexity index is 735. The van der Waals surface area contributed by atoms with Crippen LogP contribution in [0.5, 0.6) is 0 Å². The third-order valence-corrected chi connectivity index (χ3v) is 4.01. The second-order valence-electron chi connectivity index (χ2n) is 5.63. The zero-order valence-corrected chi connectivity index (χ0v) is 12.5. The van der Waals surface area contributed by atoms with E-state index in [1.807, 2.05) is 19.1 Å². The van der Waals surface area contributed by atoms with E-state index in [4.69, 9.17) is 4.74 Å². The zero-order valence-electron chi connectivity index (χ0n) is 12.5. The van der Waals surface area contributed by atoms with E-state index in [0.29, 0.717) is 16.5 Å². The first-order valence-corrected chi connectivity index (χ1v) is 7.52. The van der Waals surface area contributed by atoms with Crippen LogP contribution < -0.4 is 10.9 Å². The van der Waals surface area contributed by atoms with Gasteiger partial charge in [0.25, 0.3) is 5.56 Å². The van der Waals surface area contributed by atoms with Gasteiger partial charge in [-0.3, -0.25) is 9.59 Å². The Hall–Kier alpha value is -2.21. The van der Waals surface area contributed by atoms with Gasteiger partial charge >= 0.3 is 0 Å². The number of rotatable bonds is 4. The number of amides is 1. The zero-order chi connectivity index (χ0) is 15.5. The van der Waals surface area contributed by atoms with E-state index in [-0.39, 0.29) is 30.0 Å². The molecule has 3 rings (SSSR count). The Balaban J connectivity index is 1.74. The lowest BCUT2D eigenvalue weighted by atomic mass is 10.1. The number of aromatic nitrogens is 2. The number of hydrogen-bond donors (Lipinski definition) is 2. The number of benzene rings is 1. The predicted molar refractivity (Wildman–Crippen MR) is 82.6 cm³/mol. The largest absolute Gasteiger partial charge is 0.376 e. The number of carbonyl (C=O) groups is 1. The fourth-order valence-corrected chi connectivity index (χ4v) is 2.85. The second kappa shape index (κ2) is 6.27. The lowest BCUT2D eigenvalue weighted by Gasteiger charge is -2.19. The highest BCUT2D eigenvalue weighted by atomic mass is 16.5. The standard InChI is InChI=1S/C16H19N3O3/c1-10(14-7-4-8-22-14)17-15(20)9-13-11-5-2-3-6-12(11)16(21)19-18-13/h2-3,5-6,10,14H,4,7-9H2,1H3,(H,17,20)(H,19,21). The van der Waals surface area contributed by atoms with E-state index >= 15 is 0 Å². The summed E-state index contributed by atoms with van der Waals surface area (Å²) in [6.07, 6.45) is 2.23. The molecule has 116 valence electrons. The minimum Gasteiger partial charge on any atom is -0.376 e. The molecule has 1 aliphatic rings. The number of nitrogens with one attached hydrogen (secondary N) is 2. The van der Waals surface area contributed by atoms with Gasteiger partial charge in [0.05, 0.1) is 29.6 Å². The molecule has 0 spiro atoms. The summed E-state index contributed by atoms with van der Waals surface area (Å²) in [6, 6.07) is 7.14. The molecule has 2 unspecified atom stereocenters. The van der Waals surface area contributed by atoms with Crippen LogP contribution in [0.3, 0.4) is 0 Å². The van der Waals surface area contributed by atoms with Gasteiger partial charge in [-0.2, -0.15) is 5.10 Å². The maximum absolute atomic E-state index is 12.2. The topological polar surface area (TPSA) is 84.1 Å². The van der Waals surface area contributed by atoms with Crippen molar-refractivity contribution < 1.29 is 9.53 Å². The van der Waals surface area contributed by atoms with Crippen LogP contribution in [0.1, 0.15) is 25.5 Å². The molecule has 1 aromatic carbocycles. The summed E-state index contributed by atoms with van der Waals surface area (Å²) in [4.78, 5) is 23.9.